The molecule has 0 bridgehead atoms. The Morgan fingerprint density at radius 1 is 1.48 bits per heavy atom. The van der Waals surface area contributed by atoms with Gasteiger partial charge in [-0.25, -0.2) is 0 Å². The predicted octanol–water partition coefficient (Wildman–Crippen LogP) is 2.38. The number of rotatable bonds is 5. The summed E-state index contributed by atoms with van der Waals surface area (Å²) in [6, 6.07) is 8.85. The summed E-state index contributed by atoms with van der Waals surface area (Å²) in [4.78, 5) is 16.5. The number of nitrogens with zero attached hydrogens (tertiary/aromatic N) is 4. The zero-order valence-corrected chi connectivity index (χ0v) is 14.2. The van der Waals surface area contributed by atoms with Gasteiger partial charge in [0, 0.05) is 25.8 Å². The first kappa shape index (κ1) is 15.9. The molecule has 1 aromatic carbocycles. The van der Waals surface area contributed by atoms with Gasteiger partial charge in [-0.05, 0) is 37.1 Å². The maximum absolute atomic E-state index is 12.2. The lowest BCUT2D eigenvalue weighted by molar-refractivity contribution is -0.117. The number of anilines is 2. The van der Waals surface area contributed by atoms with Crippen LogP contribution in [0.3, 0.4) is 0 Å². The Morgan fingerprint density at radius 3 is 3.09 bits per heavy atom. The largest absolute Gasteiger partial charge is 0.378 e. The average molecular weight is 331 g/mol. The molecule has 0 saturated carbocycles. The minimum absolute atomic E-state index is 0.0302. The van der Waals surface area contributed by atoms with E-state index >= 15 is 0 Å². The fraction of sp³-hybridized carbons (Fsp3) is 0.438. The number of amides is 1. The van der Waals surface area contributed by atoms with Gasteiger partial charge in [0.25, 0.3) is 0 Å². The Labute approximate surface area is 140 Å². The molecule has 122 valence electrons. The first-order valence-corrected chi connectivity index (χ1v) is 8.59. The lowest BCUT2D eigenvalue weighted by Crippen LogP contribution is -2.33. The Kier molecular flexibility index (Phi) is 4.88. The van der Waals surface area contributed by atoms with E-state index < -0.39 is 0 Å². The molecule has 6 nitrogen and oxygen atoms in total. The van der Waals surface area contributed by atoms with Crippen LogP contribution in [0.4, 0.5) is 10.8 Å². The Morgan fingerprint density at radius 2 is 2.35 bits per heavy atom. The van der Waals surface area contributed by atoms with Crippen LogP contribution in [0, 0.1) is 0 Å². The highest BCUT2D eigenvalue weighted by molar-refractivity contribution is 7.13. The van der Waals surface area contributed by atoms with E-state index in [1.807, 2.05) is 14.1 Å². The van der Waals surface area contributed by atoms with Crippen molar-refractivity contribution in [2.75, 3.05) is 37.4 Å². The average Bonchev–Trinajstić information content (AvgIpc) is 3.19. The molecule has 1 amide bonds. The van der Waals surface area contributed by atoms with E-state index in [1.165, 1.54) is 22.6 Å². The molecule has 1 aliphatic rings. The highest BCUT2D eigenvalue weighted by Gasteiger charge is 2.28. The molecule has 7 heteroatoms. The summed E-state index contributed by atoms with van der Waals surface area (Å²) in [7, 11) is 4.09. The fourth-order valence-corrected chi connectivity index (χ4v) is 3.44. The third kappa shape index (κ3) is 3.86. The molecule has 0 spiro atoms. The van der Waals surface area contributed by atoms with Crippen LogP contribution in [-0.2, 0) is 4.79 Å². The highest BCUT2D eigenvalue weighted by Crippen LogP contribution is 2.33. The van der Waals surface area contributed by atoms with Gasteiger partial charge < -0.3 is 4.90 Å². The molecule has 23 heavy (non-hydrogen) atoms. The van der Waals surface area contributed by atoms with Crippen LogP contribution in [0.1, 0.15) is 24.4 Å². The Balaban J connectivity index is 1.68. The van der Waals surface area contributed by atoms with Crippen molar-refractivity contribution in [3.63, 3.8) is 0 Å². The molecule has 1 N–H and O–H groups in total. The van der Waals surface area contributed by atoms with Gasteiger partial charge in [-0.15, -0.1) is 10.2 Å². The third-order valence-corrected chi connectivity index (χ3v) is 4.69. The van der Waals surface area contributed by atoms with E-state index in [1.54, 1.807) is 5.51 Å². The number of carbonyl (C=O) groups excluding carboxylic acids is 1. The second kappa shape index (κ2) is 7.06. The Hall–Kier alpha value is -1.99. The SMILES string of the molecule is CN(C)c1cccc(C2CCCN2CC(=O)Nc2nncs2)c1. The second-order valence-corrected chi connectivity index (χ2v) is 6.74. The molecule has 3 rings (SSSR count). The van der Waals surface area contributed by atoms with E-state index in [4.69, 9.17) is 0 Å². The normalized spacial score (nSPS) is 18.1. The zero-order valence-electron chi connectivity index (χ0n) is 13.4. The summed E-state index contributed by atoms with van der Waals surface area (Å²) in [6.45, 7) is 1.33. The first-order valence-electron chi connectivity index (χ1n) is 7.71. The quantitative estimate of drug-likeness (QED) is 0.911. The summed E-state index contributed by atoms with van der Waals surface area (Å²) in [6.07, 6.45) is 2.20. The molecule has 1 saturated heterocycles. The van der Waals surface area contributed by atoms with E-state index in [9.17, 15) is 4.79 Å². The van der Waals surface area contributed by atoms with E-state index in [-0.39, 0.29) is 5.91 Å². The van der Waals surface area contributed by atoms with Gasteiger partial charge in [0.2, 0.25) is 11.0 Å². The third-order valence-electron chi connectivity index (χ3n) is 4.09. The number of nitrogens with one attached hydrogen (secondary N) is 1. The molecule has 2 heterocycles. The Bertz CT molecular complexity index is 658. The highest BCUT2D eigenvalue weighted by atomic mass is 32.1. The van der Waals surface area contributed by atoms with Crippen LogP contribution in [0.2, 0.25) is 0 Å². The number of aromatic nitrogens is 2. The van der Waals surface area contributed by atoms with Gasteiger partial charge in [0.05, 0.1) is 6.54 Å². The van der Waals surface area contributed by atoms with Gasteiger partial charge >= 0.3 is 0 Å². The van der Waals surface area contributed by atoms with E-state index in [0.29, 0.717) is 17.7 Å². The summed E-state index contributed by atoms with van der Waals surface area (Å²) in [5.41, 5.74) is 4.08. The monoisotopic (exact) mass is 331 g/mol. The van der Waals surface area contributed by atoms with Crippen molar-refractivity contribution in [2.45, 2.75) is 18.9 Å². The molecule has 0 aliphatic carbocycles. The molecule has 0 radical (unpaired) electrons. The maximum Gasteiger partial charge on any atom is 0.240 e. The van der Waals surface area contributed by atoms with Crippen molar-refractivity contribution < 1.29 is 4.79 Å². The van der Waals surface area contributed by atoms with Crippen LogP contribution in [0.15, 0.2) is 29.8 Å². The summed E-state index contributed by atoms with van der Waals surface area (Å²) in [5.74, 6) is -0.0302. The minimum atomic E-state index is -0.0302. The number of benzene rings is 1. The molecular formula is C16H21N5OS. The topological polar surface area (TPSA) is 61.4 Å². The second-order valence-electron chi connectivity index (χ2n) is 5.91. The van der Waals surface area contributed by atoms with Crippen LogP contribution in [-0.4, -0.2) is 48.2 Å². The summed E-state index contributed by atoms with van der Waals surface area (Å²) in [5, 5.41) is 10.9. The summed E-state index contributed by atoms with van der Waals surface area (Å²) < 4.78 is 0. The van der Waals surface area contributed by atoms with Gasteiger partial charge in [-0.2, -0.15) is 0 Å². The van der Waals surface area contributed by atoms with Crippen molar-refractivity contribution >= 4 is 28.1 Å². The standard InChI is InChI=1S/C16H21N5OS/c1-20(2)13-6-3-5-12(9-13)14-7-4-8-21(14)10-15(22)18-16-19-17-11-23-16/h3,5-6,9,11,14H,4,7-8,10H2,1-2H3,(H,18,19,22). The van der Waals surface area contributed by atoms with Gasteiger partial charge in [-0.1, -0.05) is 23.5 Å². The van der Waals surface area contributed by atoms with Crippen LogP contribution >= 0.6 is 11.3 Å². The molecule has 1 atom stereocenters. The van der Waals surface area contributed by atoms with Crippen LogP contribution < -0.4 is 10.2 Å². The number of hydrogen-bond donors (Lipinski definition) is 1. The smallest absolute Gasteiger partial charge is 0.240 e. The van der Waals surface area contributed by atoms with Crippen molar-refractivity contribution in [1.29, 1.82) is 0 Å². The van der Waals surface area contributed by atoms with Crippen molar-refractivity contribution in [1.82, 2.24) is 15.1 Å². The zero-order chi connectivity index (χ0) is 16.2. The molecule has 1 aliphatic heterocycles. The number of hydrogen-bond acceptors (Lipinski definition) is 6. The van der Waals surface area contributed by atoms with Crippen LogP contribution in [0.5, 0.6) is 0 Å². The molecule has 2 aromatic rings. The van der Waals surface area contributed by atoms with Gasteiger partial charge in [0.15, 0.2) is 0 Å². The van der Waals surface area contributed by atoms with E-state index in [2.05, 4.69) is 49.6 Å². The predicted molar refractivity (Wildman–Crippen MR) is 92.9 cm³/mol. The van der Waals surface area contributed by atoms with Crippen LogP contribution in [0.25, 0.3) is 0 Å². The minimum Gasteiger partial charge on any atom is -0.378 e. The number of likely N-dealkylation sites (tertiary alicyclic amines) is 1. The summed E-state index contributed by atoms with van der Waals surface area (Å²) >= 11 is 1.33. The molecule has 1 fully saturated rings. The van der Waals surface area contributed by atoms with Crippen molar-refractivity contribution in [3.8, 4) is 0 Å². The molecular weight excluding hydrogens is 310 g/mol. The van der Waals surface area contributed by atoms with Gasteiger partial charge in [0.1, 0.15) is 5.51 Å². The molecule has 1 unspecified atom stereocenters. The van der Waals surface area contributed by atoms with Crippen molar-refractivity contribution in [2.24, 2.45) is 0 Å². The maximum atomic E-state index is 12.2. The number of carbonyl (C=O) groups is 1. The first-order chi connectivity index (χ1) is 11.1. The van der Waals surface area contributed by atoms with E-state index in [0.717, 1.165) is 19.4 Å². The van der Waals surface area contributed by atoms with Gasteiger partial charge in [-0.3, -0.25) is 15.0 Å². The lowest BCUT2D eigenvalue weighted by atomic mass is 10.0. The van der Waals surface area contributed by atoms with Crippen molar-refractivity contribution in [3.05, 3.63) is 35.3 Å². The molecule has 1 aromatic heterocycles. The lowest BCUT2D eigenvalue weighted by Gasteiger charge is -2.25. The fourth-order valence-electron chi connectivity index (χ4n) is 2.97.